The largest absolute Gasteiger partial charge is 0.487 e. The standard InChI is InChI=1S/C15H27BO2/c1-12-7-6-8-13(10-9-12)11-16-17-14(2,3)15(4,5)18-16/h11-12H,6-10H2,1-5H3/b13-11-. The van der Waals surface area contributed by atoms with Gasteiger partial charge in [-0.25, -0.2) is 0 Å². The van der Waals surface area contributed by atoms with E-state index < -0.39 is 0 Å². The van der Waals surface area contributed by atoms with Gasteiger partial charge in [0, 0.05) is 0 Å². The topological polar surface area (TPSA) is 18.5 Å². The van der Waals surface area contributed by atoms with E-state index in [2.05, 4.69) is 40.6 Å². The van der Waals surface area contributed by atoms with Gasteiger partial charge in [-0.2, -0.15) is 0 Å². The third-order valence-corrected chi connectivity index (χ3v) is 4.80. The van der Waals surface area contributed by atoms with Crippen LogP contribution in [0.1, 0.15) is 66.7 Å². The minimum absolute atomic E-state index is 0.154. The van der Waals surface area contributed by atoms with Crippen LogP contribution in [0.2, 0.25) is 0 Å². The van der Waals surface area contributed by atoms with Gasteiger partial charge in [0.2, 0.25) is 0 Å². The smallest absolute Gasteiger partial charge is 0.400 e. The quantitative estimate of drug-likeness (QED) is 0.514. The Bertz CT molecular complexity index is 317. The maximum absolute atomic E-state index is 6.04. The van der Waals surface area contributed by atoms with E-state index in [9.17, 15) is 0 Å². The van der Waals surface area contributed by atoms with Crippen LogP contribution in [0.15, 0.2) is 11.5 Å². The van der Waals surface area contributed by atoms with Gasteiger partial charge in [-0.05, 0) is 59.3 Å². The van der Waals surface area contributed by atoms with Crippen LogP contribution in [0.3, 0.4) is 0 Å². The fourth-order valence-corrected chi connectivity index (χ4v) is 2.69. The fraction of sp³-hybridized carbons (Fsp3) is 0.867. The summed E-state index contributed by atoms with van der Waals surface area (Å²) in [6.45, 7) is 10.8. The van der Waals surface area contributed by atoms with Crippen LogP contribution < -0.4 is 0 Å². The van der Waals surface area contributed by atoms with Gasteiger partial charge in [0.05, 0.1) is 11.2 Å². The molecule has 0 radical (unpaired) electrons. The molecule has 1 heterocycles. The van der Waals surface area contributed by atoms with E-state index in [1.54, 1.807) is 0 Å². The molecule has 1 saturated carbocycles. The highest BCUT2D eigenvalue weighted by Crippen LogP contribution is 2.38. The van der Waals surface area contributed by atoms with Gasteiger partial charge in [-0.1, -0.05) is 24.9 Å². The Kier molecular flexibility index (Phi) is 3.94. The van der Waals surface area contributed by atoms with Crippen LogP contribution in [-0.4, -0.2) is 18.3 Å². The molecule has 18 heavy (non-hydrogen) atoms. The Labute approximate surface area is 112 Å². The third-order valence-electron chi connectivity index (χ3n) is 4.80. The monoisotopic (exact) mass is 250 g/mol. The first kappa shape index (κ1) is 14.1. The molecule has 0 aromatic carbocycles. The second-order valence-electron chi connectivity index (χ2n) is 6.99. The molecule has 1 atom stereocenters. The highest BCUT2D eigenvalue weighted by atomic mass is 16.7. The lowest BCUT2D eigenvalue weighted by atomic mass is 9.85. The van der Waals surface area contributed by atoms with Gasteiger partial charge in [0.1, 0.15) is 0 Å². The van der Waals surface area contributed by atoms with Crippen molar-refractivity contribution >= 4 is 7.12 Å². The zero-order valence-corrected chi connectivity index (χ0v) is 12.6. The minimum atomic E-state index is -0.216. The predicted octanol–water partition coefficient (Wildman–Crippen LogP) is 4.14. The molecule has 3 heteroatoms. The molecule has 1 aliphatic heterocycles. The summed E-state index contributed by atoms with van der Waals surface area (Å²) in [5, 5.41) is 0. The summed E-state index contributed by atoms with van der Waals surface area (Å²) in [6.07, 6.45) is 6.41. The number of hydrogen-bond acceptors (Lipinski definition) is 2. The van der Waals surface area contributed by atoms with E-state index in [0.29, 0.717) is 0 Å². The van der Waals surface area contributed by atoms with Crippen LogP contribution in [0.4, 0.5) is 0 Å². The molecule has 2 nitrogen and oxygen atoms in total. The average Bonchev–Trinajstić information content (AvgIpc) is 2.39. The molecule has 1 aliphatic carbocycles. The first-order valence-electron chi connectivity index (χ1n) is 7.35. The number of allylic oxidation sites excluding steroid dienone is 1. The van der Waals surface area contributed by atoms with E-state index >= 15 is 0 Å². The molecule has 2 fully saturated rings. The average molecular weight is 250 g/mol. The molecule has 2 aliphatic rings. The lowest BCUT2D eigenvalue weighted by Crippen LogP contribution is -2.41. The first-order chi connectivity index (χ1) is 8.30. The number of hydrogen-bond donors (Lipinski definition) is 0. The second kappa shape index (κ2) is 5.01. The normalized spacial score (nSPS) is 33.7. The van der Waals surface area contributed by atoms with Crippen LogP contribution in [0.25, 0.3) is 0 Å². The second-order valence-corrected chi connectivity index (χ2v) is 6.99. The zero-order chi connectivity index (χ0) is 13.4. The molecule has 102 valence electrons. The Hall–Kier alpha value is -0.275. The molecule has 0 aromatic rings. The van der Waals surface area contributed by atoms with Gasteiger partial charge in [-0.15, -0.1) is 0 Å². The lowest BCUT2D eigenvalue weighted by molar-refractivity contribution is 0.00578. The highest BCUT2D eigenvalue weighted by molar-refractivity contribution is 6.51. The first-order valence-corrected chi connectivity index (χ1v) is 7.35. The zero-order valence-electron chi connectivity index (χ0n) is 12.6. The SMILES string of the molecule is CC1CCC/C(=C/B2OC(C)(C)C(C)(C)O2)CC1. The molecular formula is C15H27BO2. The molecular weight excluding hydrogens is 223 g/mol. The van der Waals surface area contributed by atoms with Gasteiger partial charge in [0.15, 0.2) is 0 Å². The Morgan fingerprint density at radius 3 is 2.28 bits per heavy atom. The van der Waals surface area contributed by atoms with Gasteiger partial charge >= 0.3 is 7.12 Å². The van der Waals surface area contributed by atoms with Gasteiger partial charge in [-0.3, -0.25) is 0 Å². The molecule has 0 N–H and O–H groups in total. The molecule has 1 unspecified atom stereocenters. The van der Waals surface area contributed by atoms with Crippen molar-refractivity contribution < 1.29 is 9.31 Å². The molecule has 2 rings (SSSR count). The predicted molar refractivity (Wildman–Crippen MR) is 76.4 cm³/mol. The molecule has 0 amide bonds. The Morgan fingerprint density at radius 1 is 1.06 bits per heavy atom. The van der Waals surface area contributed by atoms with Crippen molar-refractivity contribution in [2.75, 3.05) is 0 Å². The fourth-order valence-electron chi connectivity index (χ4n) is 2.69. The summed E-state index contributed by atoms with van der Waals surface area (Å²) in [6, 6.07) is 0. The van der Waals surface area contributed by atoms with Crippen LogP contribution in [0.5, 0.6) is 0 Å². The molecule has 0 spiro atoms. The third kappa shape index (κ3) is 3.00. The maximum Gasteiger partial charge on any atom is 0.487 e. The minimum Gasteiger partial charge on any atom is -0.400 e. The molecule has 1 saturated heterocycles. The molecule has 0 bridgehead atoms. The summed E-state index contributed by atoms with van der Waals surface area (Å²) in [5.74, 6) is 3.10. The summed E-state index contributed by atoms with van der Waals surface area (Å²) in [7, 11) is -0.154. The van der Waals surface area contributed by atoms with Crippen LogP contribution >= 0.6 is 0 Å². The highest BCUT2D eigenvalue weighted by Gasteiger charge is 2.50. The van der Waals surface area contributed by atoms with Crippen molar-refractivity contribution in [1.29, 1.82) is 0 Å². The van der Waals surface area contributed by atoms with E-state index in [0.717, 1.165) is 5.92 Å². The Morgan fingerprint density at radius 2 is 1.67 bits per heavy atom. The summed E-state index contributed by atoms with van der Waals surface area (Å²) >= 11 is 0. The summed E-state index contributed by atoms with van der Waals surface area (Å²) in [4.78, 5) is 0. The van der Waals surface area contributed by atoms with Gasteiger partial charge in [0.25, 0.3) is 0 Å². The number of rotatable bonds is 1. The molecule has 0 aromatic heterocycles. The van der Waals surface area contributed by atoms with E-state index in [1.807, 2.05) is 0 Å². The summed E-state index contributed by atoms with van der Waals surface area (Å²) in [5.41, 5.74) is 1.09. The van der Waals surface area contributed by atoms with Crippen molar-refractivity contribution in [2.45, 2.75) is 77.9 Å². The maximum atomic E-state index is 6.04. The van der Waals surface area contributed by atoms with Crippen molar-refractivity contribution in [3.63, 3.8) is 0 Å². The van der Waals surface area contributed by atoms with Crippen molar-refractivity contribution in [3.8, 4) is 0 Å². The van der Waals surface area contributed by atoms with Crippen molar-refractivity contribution in [1.82, 2.24) is 0 Å². The van der Waals surface area contributed by atoms with Crippen molar-refractivity contribution in [3.05, 3.63) is 11.5 Å². The van der Waals surface area contributed by atoms with Gasteiger partial charge < -0.3 is 9.31 Å². The van der Waals surface area contributed by atoms with E-state index in [4.69, 9.17) is 9.31 Å². The summed E-state index contributed by atoms with van der Waals surface area (Å²) < 4.78 is 12.1. The van der Waals surface area contributed by atoms with Crippen LogP contribution in [-0.2, 0) is 9.31 Å². The van der Waals surface area contributed by atoms with Crippen molar-refractivity contribution in [2.24, 2.45) is 5.92 Å². The Balaban J connectivity index is 2.02. The van der Waals surface area contributed by atoms with Crippen LogP contribution in [0, 0.1) is 5.92 Å². The van der Waals surface area contributed by atoms with E-state index in [1.165, 1.54) is 37.7 Å². The van der Waals surface area contributed by atoms with E-state index in [-0.39, 0.29) is 18.3 Å². The lowest BCUT2D eigenvalue weighted by Gasteiger charge is -2.32.